The molecule has 0 unspecified atom stereocenters. The van der Waals surface area contributed by atoms with Crippen LogP contribution < -0.4 is 9.62 Å². The number of benzene rings is 2. The predicted molar refractivity (Wildman–Crippen MR) is 109 cm³/mol. The Hall–Kier alpha value is -2.94. The lowest BCUT2D eigenvalue weighted by Gasteiger charge is -2.22. The Morgan fingerprint density at radius 3 is 2.32 bits per heavy atom. The van der Waals surface area contributed by atoms with Crippen molar-refractivity contribution in [2.24, 2.45) is 0 Å². The van der Waals surface area contributed by atoms with Crippen LogP contribution in [0.4, 0.5) is 17.1 Å². The molecule has 0 aliphatic heterocycles. The Kier molecular flexibility index (Phi) is 6.74. The van der Waals surface area contributed by atoms with E-state index in [1.54, 1.807) is 0 Å². The van der Waals surface area contributed by atoms with Crippen LogP contribution in [0.15, 0.2) is 42.5 Å². The molecule has 0 saturated heterocycles. The lowest BCUT2D eigenvalue weighted by Crippen LogP contribution is -2.31. The zero-order valence-corrected chi connectivity index (χ0v) is 16.8. The minimum absolute atomic E-state index is 0.0418. The number of amides is 1. The number of aryl methyl sites for hydroxylation is 2. The maximum Gasteiger partial charge on any atom is 0.271 e. The van der Waals surface area contributed by atoms with Gasteiger partial charge in [0.05, 0.1) is 16.9 Å². The van der Waals surface area contributed by atoms with Crippen molar-refractivity contribution >= 4 is 33.0 Å². The van der Waals surface area contributed by atoms with Gasteiger partial charge in [0.1, 0.15) is 0 Å². The Labute approximate surface area is 164 Å². The highest BCUT2D eigenvalue weighted by atomic mass is 32.2. The van der Waals surface area contributed by atoms with Crippen molar-refractivity contribution in [3.63, 3.8) is 0 Å². The monoisotopic (exact) mass is 405 g/mol. The Morgan fingerprint density at radius 2 is 1.75 bits per heavy atom. The Bertz CT molecular complexity index is 969. The third kappa shape index (κ3) is 5.53. The van der Waals surface area contributed by atoms with Gasteiger partial charge < -0.3 is 5.32 Å². The molecule has 0 aromatic heterocycles. The summed E-state index contributed by atoms with van der Waals surface area (Å²) in [6.07, 6.45) is 1.42. The lowest BCUT2D eigenvalue weighted by atomic mass is 10.1. The summed E-state index contributed by atoms with van der Waals surface area (Å²) in [4.78, 5) is 22.6. The summed E-state index contributed by atoms with van der Waals surface area (Å²) >= 11 is 0. The fourth-order valence-electron chi connectivity index (χ4n) is 2.84. The van der Waals surface area contributed by atoms with Crippen molar-refractivity contribution in [1.29, 1.82) is 0 Å². The molecule has 0 aliphatic rings. The number of para-hydroxylation sites is 1. The van der Waals surface area contributed by atoms with E-state index in [1.807, 2.05) is 32.0 Å². The first-order valence-electron chi connectivity index (χ1n) is 8.68. The molecule has 1 N–H and O–H groups in total. The van der Waals surface area contributed by atoms with E-state index in [1.165, 1.54) is 24.3 Å². The number of nitro benzene ring substituents is 1. The molecule has 0 fully saturated rings. The summed E-state index contributed by atoms with van der Waals surface area (Å²) in [5.74, 6) is -0.218. The van der Waals surface area contributed by atoms with Gasteiger partial charge in [-0.2, -0.15) is 0 Å². The molecule has 28 heavy (non-hydrogen) atoms. The zero-order valence-electron chi connectivity index (χ0n) is 16.0. The van der Waals surface area contributed by atoms with Crippen LogP contribution in [0.5, 0.6) is 0 Å². The van der Waals surface area contributed by atoms with E-state index in [0.29, 0.717) is 0 Å². The largest absolute Gasteiger partial charge is 0.326 e. The number of hydrogen-bond acceptors (Lipinski definition) is 5. The Morgan fingerprint density at radius 1 is 1.14 bits per heavy atom. The van der Waals surface area contributed by atoms with E-state index in [-0.39, 0.29) is 36.7 Å². The molecule has 150 valence electrons. The number of carbonyl (C=O) groups excluding carboxylic acids is 1. The summed E-state index contributed by atoms with van der Waals surface area (Å²) < 4.78 is 25.3. The second-order valence-electron chi connectivity index (χ2n) is 6.53. The van der Waals surface area contributed by atoms with Gasteiger partial charge in [0.15, 0.2) is 0 Å². The summed E-state index contributed by atoms with van der Waals surface area (Å²) in [6.45, 7) is 3.84. The molecule has 0 aliphatic carbocycles. The molecule has 8 nitrogen and oxygen atoms in total. The standard InChI is InChI=1S/C19H23N3O5S/c1-14-7-4-8-15(2)19(14)20-18(23)11-6-12-21(28(3,26)27)16-9-5-10-17(13-16)22(24)25/h4-5,7-10,13H,6,11-12H2,1-3H3,(H,20,23). The van der Waals surface area contributed by atoms with Gasteiger partial charge in [-0.15, -0.1) is 0 Å². The van der Waals surface area contributed by atoms with Crippen molar-refractivity contribution < 1.29 is 18.1 Å². The molecule has 0 saturated carbocycles. The van der Waals surface area contributed by atoms with Crippen molar-refractivity contribution in [3.05, 3.63) is 63.7 Å². The van der Waals surface area contributed by atoms with E-state index >= 15 is 0 Å². The molecule has 0 heterocycles. The number of nitrogens with zero attached hydrogens (tertiary/aromatic N) is 2. The van der Waals surface area contributed by atoms with Crippen LogP contribution in [0.1, 0.15) is 24.0 Å². The molecule has 9 heteroatoms. The topological polar surface area (TPSA) is 110 Å². The van der Waals surface area contributed by atoms with Crippen LogP contribution in [-0.2, 0) is 14.8 Å². The number of hydrogen-bond donors (Lipinski definition) is 1. The fraction of sp³-hybridized carbons (Fsp3) is 0.316. The number of sulfonamides is 1. The van der Waals surface area contributed by atoms with Gasteiger partial charge in [-0.3, -0.25) is 19.2 Å². The number of non-ortho nitro benzene ring substituents is 1. The van der Waals surface area contributed by atoms with Crippen LogP contribution in [-0.4, -0.2) is 32.0 Å². The minimum atomic E-state index is -3.65. The van der Waals surface area contributed by atoms with Gasteiger partial charge in [0, 0.05) is 30.8 Å². The van der Waals surface area contributed by atoms with Crippen molar-refractivity contribution in [3.8, 4) is 0 Å². The SMILES string of the molecule is Cc1cccc(C)c1NC(=O)CCCN(c1cccc([N+](=O)[O-])c1)S(C)(=O)=O. The molecular weight excluding hydrogens is 382 g/mol. The highest BCUT2D eigenvalue weighted by Gasteiger charge is 2.20. The second-order valence-corrected chi connectivity index (χ2v) is 8.44. The molecular formula is C19H23N3O5S. The van der Waals surface area contributed by atoms with Crippen LogP contribution in [0.3, 0.4) is 0 Å². The number of nitrogens with one attached hydrogen (secondary N) is 1. The number of carbonyl (C=O) groups is 1. The molecule has 0 radical (unpaired) electrons. The van der Waals surface area contributed by atoms with Gasteiger partial charge in [-0.1, -0.05) is 24.3 Å². The van der Waals surface area contributed by atoms with E-state index in [4.69, 9.17) is 0 Å². The fourth-order valence-corrected chi connectivity index (χ4v) is 3.80. The predicted octanol–water partition coefficient (Wildman–Crippen LogP) is 3.40. The van der Waals surface area contributed by atoms with Gasteiger partial charge in [-0.25, -0.2) is 8.42 Å². The van der Waals surface area contributed by atoms with Crippen molar-refractivity contribution in [2.75, 3.05) is 22.4 Å². The second kappa shape index (κ2) is 8.83. The number of anilines is 2. The van der Waals surface area contributed by atoms with Crippen molar-refractivity contribution in [1.82, 2.24) is 0 Å². The maximum atomic E-state index is 12.3. The van der Waals surface area contributed by atoms with E-state index in [0.717, 1.165) is 27.4 Å². The first kappa shape index (κ1) is 21.4. The van der Waals surface area contributed by atoms with Crippen molar-refractivity contribution in [2.45, 2.75) is 26.7 Å². The average molecular weight is 405 g/mol. The highest BCUT2D eigenvalue weighted by molar-refractivity contribution is 7.92. The molecule has 0 spiro atoms. The summed E-state index contributed by atoms with van der Waals surface area (Å²) in [7, 11) is -3.65. The molecule has 0 bridgehead atoms. The van der Waals surface area contributed by atoms with Gasteiger partial charge in [-0.05, 0) is 37.5 Å². The van der Waals surface area contributed by atoms with Crippen LogP contribution >= 0.6 is 0 Å². The quantitative estimate of drug-likeness (QED) is 0.535. The third-order valence-corrected chi connectivity index (χ3v) is 5.43. The molecule has 2 rings (SSSR count). The molecule has 0 atom stereocenters. The maximum absolute atomic E-state index is 12.3. The molecule has 2 aromatic rings. The number of nitro groups is 1. The first-order valence-corrected chi connectivity index (χ1v) is 10.5. The minimum Gasteiger partial charge on any atom is -0.326 e. The van der Waals surface area contributed by atoms with Crippen LogP contribution in [0.2, 0.25) is 0 Å². The van der Waals surface area contributed by atoms with Gasteiger partial charge in [0.25, 0.3) is 5.69 Å². The third-order valence-electron chi connectivity index (χ3n) is 4.24. The lowest BCUT2D eigenvalue weighted by molar-refractivity contribution is -0.384. The van der Waals surface area contributed by atoms with Gasteiger partial charge in [0.2, 0.25) is 15.9 Å². The zero-order chi connectivity index (χ0) is 20.9. The average Bonchev–Trinajstić information content (AvgIpc) is 2.61. The molecule has 2 aromatic carbocycles. The summed E-state index contributed by atoms with van der Waals surface area (Å²) in [5, 5.41) is 13.8. The normalized spacial score (nSPS) is 11.1. The smallest absolute Gasteiger partial charge is 0.271 e. The van der Waals surface area contributed by atoms with E-state index < -0.39 is 14.9 Å². The van der Waals surface area contributed by atoms with E-state index in [9.17, 15) is 23.3 Å². The summed E-state index contributed by atoms with van der Waals surface area (Å²) in [5.41, 5.74) is 2.65. The first-order chi connectivity index (χ1) is 13.1. The Balaban J connectivity index is 2.06. The van der Waals surface area contributed by atoms with Crippen LogP contribution in [0.25, 0.3) is 0 Å². The van der Waals surface area contributed by atoms with Gasteiger partial charge >= 0.3 is 0 Å². The number of rotatable bonds is 8. The highest BCUT2D eigenvalue weighted by Crippen LogP contribution is 2.24. The van der Waals surface area contributed by atoms with E-state index in [2.05, 4.69) is 5.32 Å². The summed E-state index contributed by atoms with van der Waals surface area (Å²) in [6, 6.07) is 11.1. The van der Waals surface area contributed by atoms with Crippen LogP contribution in [0, 0.1) is 24.0 Å². The molecule has 1 amide bonds.